The van der Waals surface area contributed by atoms with E-state index in [1.807, 2.05) is 6.92 Å². The molecule has 1 N–H and O–H groups in total. The lowest BCUT2D eigenvalue weighted by Gasteiger charge is -2.14. The van der Waals surface area contributed by atoms with Crippen molar-refractivity contribution in [3.8, 4) is 0 Å². The van der Waals surface area contributed by atoms with Gasteiger partial charge in [0.2, 0.25) is 15.1 Å². The van der Waals surface area contributed by atoms with Crippen LogP contribution in [-0.4, -0.2) is 25.3 Å². The monoisotopic (exact) mass is 363 g/mol. The summed E-state index contributed by atoms with van der Waals surface area (Å²) >= 11 is 4.51. The van der Waals surface area contributed by atoms with E-state index in [1.165, 1.54) is 11.8 Å². The first-order chi connectivity index (χ1) is 8.94. The van der Waals surface area contributed by atoms with E-state index in [-0.39, 0.29) is 10.0 Å². The van der Waals surface area contributed by atoms with Gasteiger partial charge in [0, 0.05) is 10.2 Å². The van der Waals surface area contributed by atoms with E-state index in [9.17, 15) is 13.2 Å². The normalized spacial score (nSPS) is 19.9. The highest BCUT2D eigenvalue weighted by Gasteiger charge is 2.30. The van der Waals surface area contributed by atoms with E-state index < -0.39 is 16.1 Å². The largest absolute Gasteiger partial charge is 0.285 e. The quantitative estimate of drug-likeness (QED) is 0.891. The molecule has 0 bridgehead atoms. The molecule has 1 aliphatic heterocycles. The molecule has 1 atom stereocenters. The molecule has 0 aliphatic carbocycles. The van der Waals surface area contributed by atoms with Crippen LogP contribution in [0.5, 0.6) is 0 Å². The second kappa shape index (κ2) is 5.95. The standard InChI is InChI=1S/C12H14BrNO3S2/c1-2-8-7-9(13)3-4-11(8)19(16,17)14-10-5-6-18-12(10)15/h3-4,7,10,14H,2,5-6H2,1H3. The van der Waals surface area contributed by atoms with Crippen molar-refractivity contribution in [2.45, 2.75) is 30.7 Å². The van der Waals surface area contributed by atoms with Crippen molar-refractivity contribution in [1.82, 2.24) is 4.72 Å². The fourth-order valence-corrected chi connectivity index (χ4v) is 4.88. The van der Waals surface area contributed by atoms with Crippen LogP contribution < -0.4 is 4.72 Å². The number of halogens is 1. The first-order valence-corrected chi connectivity index (χ1v) is 9.17. The third-order valence-corrected chi connectivity index (χ3v) is 6.00. The lowest BCUT2D eigenvalue weighted by atomic mass is 10.2. The van der Waals surface area contributed by atoms with Gasteiger partial charge in [-0.1, -0.05) is 34.6 Å². The van der Waals surface area contributed by atoms with Crippen LogP contribution in [0.3, 0.4) is 0 Å². The molecule has 1 saturated heterocycles. The summed E-state index contributed by atoms with van der Waals surface area (Å²) in [7, 11) is -3.64. The van der Waals surface area contributed by atoms with Crippen molar-refractivity contribution in [1.29, 1.82) is 0 Å². The molecule has 0 radical (unpaired) electrons. The molecule has 4 nitrogen and oxygen atoms in total. The molecule has 104 valence electrons. The highest BCUT2D eigenvalue weighted by Crippen LogP contribution is 2.24. The molecule has 19 heavy (non-hydrogen) atoms. The summed E-state index contributed by atoms with van der Waals surface area (Å²) in [5, 5.41) is -0.0984. The summed E-state index contributed by atoms with van der Waals surface area (Å²) in [6.45, 7) is 1.90. The van der Waals surface area contributed by atoms with E-state index in [0.717, 1.165) is 10.0 Å². The van der Waals surface area contributed by atoms with Gasteiger partial charge in [0.05, 0.1) is 10.9 Å². The number of hydrogen-bond donors (Lipinski definition) is 1. The maximum atomic E-state index is 12.3. The molecule has 1 heterocycles. The van der Waals surface area contributed by atoms with Gasteiger partial charge in [0.15, 0.2) is 0 Å². The molecule has 1 aromatic carbocycles. The highest BCUT2D eigenvalue weighted by atomic mass is 79.9. The van der Waals surface area contributed by atoms with Crippen molar-refractivity contribution >= 4 is 42.8 Å². The van der Waals surface area contributed by atoms with E-state index in [2.05, 4.69) is 20.7 Å². The molecule has 0 aromatic heterocycles. The van der Waals surface area contributed by atoms with Crippen LogP contribution in [0.2, 0.25) is 0 Å². The lowest BCUT2D eigenvalue weighted by molar-refractivity contribution is -0.111. The van der Waals surface area contributed by atoms with E-state index >= 15 is 0 Å². The molecule has 7 heteroatoms. The first kappa shape index (κ1) is 15.0. The number of thioether (sulfide) groups is 1. The number of sulfonamides is 1. The molecule has 1 aromatic rings. The Morgan fingerprint density at radius 3 is 2.79 bits per heavy atom. The van der Waals surface area contributed by atoms with Crippen molar-refractivity contribution in [2.24, 2.45) is 0 Å². The van der Waals surface area contributed by atoms with Crippen LogP contribution >= 0.6 is 27.7 Å². The number of rotatable bonds is 4. The molecule has 0 spiro atoms. The number of carbonyl (C=O) groups is 1. The van der Waals surface area contributed by atoms with E-state index in [0.29, 0.717) is 18.6 Å². The van der Waals surface area contributed by atoms with Crippen molar-refractivity contribution in [3.05, 3.63) is 28.2 Å². The second-order valence-electron chi connectivity index (χ2n) is 4.24. The van der Waals surface area contributed by atoms with Crippen molar-refractivity contribution in [2.75, 3.05) is 5.75 Å². The number of nitrogens with one attached hydrogen (secondary N) is 1. The zero-order valence-electron chi connectivity index (χ0n) is 10.3. The molecule has 2 rings (SSSR count). The minimum atomic E-state index is -3.64. The minimum Gasteiger partial charge on any atom is -0.285 e. The van der Waals surface area contributed by atoms with Crippen LogP contribution in [0, 0.1) is 0 Å². The molecule has 1 fully saturated rings. The summed E-state index contributed by atoms with van der Waals surface area (Å²) in [5.74, 6) is 0.674. The zero-order chi connectivity index (χ0) is 14.0. The average Bonchev–Trinajstić information content (AvgIpc) is 2.74. The summed E-state index contributed by atoms with van der Waals surface area (Å²) < 4.78 is 28.0. The maximum Gasteiger partial charge on any atom is 0.241 e. The first-order valence-electron chi connectivity index (χ1n) is 5.91. The second-order valence-corrected chi connectivity index (χ2v) is 7.93. The van der Waals surface area contributed by atoms with Crippen LogP contribution in [0.15, 0.2) is 27.6 Å². The Bertz CT molecular complexity index is 601. The van der Waals surface area contributed by atoms with Gasteiger partial charge in [-0.05, 0) is 36.6 Å². The number of carbonyl (C=O) groups excluding carboxylic acids is 1. The summed E-state index contributed by atoms with van der Waals surface area (Å²) in [5.41, 5.74) is 0.736. The minimum absolute atomic E-state index is 0.0984. The molecule has 1 aliphatic rings. The van der Waals surface area contributed by atoms with Crippen molar-refractivity contribution in [3.63, 3.8) is 0 Å². The fraction of sp³-hybridized carbons (Fsp3) is 0.417. The number of hydrogen-bond acceptors (Lipinski definition) is 4. The molecule has 0 saturated carbocycles. The molecule has 1 unspecified atom stereocenters. The predicted molar refractivity (Wildman–Crippen MR) is 79.7 cm³/mol. The summed E-state index contributed by atoms with van der Waals surface area (Å²) in [6.07, 6.45) is 1.17. The summed E-state index contributed by atoms with van der Waals surface area (Å²) in [4.78, 5) is 11.8. The lowest BCUT2D eigenvalue weighted by Crippen LogP contribution is -2.37. The third kappa shape index (κ3) is 3.39. The Kier molecular flexibility index (Phi) is 4.70. The van der Waals surface area contributed by atoms with Crippen LogP contribution in [-0.2, 0) is 21.2 Å². The fourth-order valence-electron chi connectivity index (χ4n) is 1.94. The number of benzene rings is 1. The average molecular weight is 364 g/mol. The Balaban J connectivity index is 2.31. The van der Waals surface area contributed by atoms with E-state index in [1.54, 1.807) is 18.2 Å². The van der Waals surface area contributed by atoms with Gasteiger partial charge in [0.25, 0.3) is 0 Å². The van der Waals surface area contributed by atoms with Gasteiger partial charge in [0.1, 0.15) is 0 Å². The SMILES string of the molecule is CCc1cc(Br)ccc1S(=O)(=O)NC1CCSC1=O. The van der Waals surface area contributed by atoms with Gasteiger partial charge in [-0.25, -0.2) is 8.42 Å². The molecular formula is C12H14BrNO3S2. The Hall–Kier alpha value is -0.370. The molecule has 0 amide bonds. The van der Waals surface area contributed by atoms with Gasteiger partial charge in [-0.3, -0.25) is 4.79 Å². The van der Waals surface area contributed by atoms with Crippen LogP contribution in [0.4, 0.5) is 0 Å². The number of aryl methyl sites for hydroxylation is 1. The zero-order valence-corrected chi connectivity index (χ0v) is 13.6. The van der Waals surface area contributed by atoms with Gasteiger partial charge in [-0.2, -0.15) is 4.72 Å². The third-order valence-electron chi connectivity index (χ3n) is 2.93. The maximum absolute atomic E-state index is 12.3. The Morgan fingerprint density at radius 2 is 2.21 bits per heavy atom. The predicted octanol–water partition coefficient (Wildman–Crippen LogP) is 2.32. The van der Waals surface area contributed by atoms with Crippen molar-refractivity contribution < 1.29 is 13.2 Å². The topological polar surface area (TPSA) is 63.2 Å². The van der Waals surface area contributed by atoms with Gasteiger partial charge >= 0.3 is 0 Å². The van der Waals surface area contributed by atoms with Gasteiger partial charge in [-0.15, -0.1) is 0 Å². The summed E-state index contributed by atoms with van der Waals surface area (Å²) in [6, 6.07) is 4.46. The van der Waals surface area contributed by atoms with Crippen LogP contribution in [0.25, 0.3) is 0 Å². The highest BCUT2D eigenvalue weighted by molar-refractivity contribution is 9.10. The Morgan fingerprint density at radius 1 is 1.47 bits per heavy atom. The Labute approximate surface area is 125 Å². The van der Waals surface area contributed by atoms with E-state index in [4.69, 9.17) is 0 Å². The molecular weight excluding hydrogens is 350 g/mol. The van der Waals surface area contributed by atoms with Crippen LogP contribution in [0.1, 0.15) is 18.9 Å². The van der Waals surface area contributed by atoms with Gasteiger partial charge < -0.3 is 0 Å². The smallest absolute Gasteiger partial charge is 0.241 e.